The van der Waals surface area contributed by atoms with Crippen LogP contribution in [0.25, 0.3) is 0 Å². The number of nitrogens with zero attached hydrogens (tertiary/aromatic N) is 4. The fraction of sp³-hybridized carbons (Fsp3) is 0.417. The minimum absolute atomic E-state index is 0.169. The molecule has 0 aliphatic heterocycles. The van der Waals surface area contributed by atoms with Crippen LogP contribution in [0.3, 0.4) is 0 Å². The molecule has 0 aliphatic carbocycles. The van der Waals surface area contributed by atoms with E-state index >= 15 is 0 Å². The second-order valence-corrected chi connectivity index (χ2v) is 4.27. The van der Waals surface area contributed by atoms with E-state index in [0.29, 0.717) is 0 Å². The molecule has 0 fully saturated rings. The summed E-state index contributed by atoms with van der Waals surface area (Å²) in [6.07, 6.45) is 5.45. The first kappa shape index (κ1) is 11.7. The summed E-state index contributed by atoms with van der Waals surface area (Å²) in [4.78, 5) is 4.17. The van der Waals surface area contributed by atoms with Gasteiger partial charge in [0.2, 0.25) is 0 Å². The van der Waals surface area contributed by atoms with Gasteiger partial charge in [0.05, 0.1) is 6.04 Å². The number of pyridine rings is 1. The van der Waals surface area contributed by atoms with Gasteiger partial charge in [0.15, 0.2) is 0 Å². The van der Waals surface area contributed by atoms with Gasteiger partial charge in [0.1, 0.15) is 12.2 Å². The summed E-state index contributed by atoms with van der Waals surface area (Å²) in [6.45, 7) is 4.90. The molecule has 2 rings (SSSR count). The fourth-order valence-corrected chi connectivity index (χ4v) is 1.76. The number of nitrogens with one attached hydrogen (secondary N) is 1. The number of hydrogen-bond acceptors (Lipinski definition) is 4. The maximum Gasteiger partial charge on any atom is 0.149 e. The van der Waals surface area contributed by atoms with E-state index in [2.05, 4.69) is 33.5 Å². The molecule has 1 unspecified atom stereocenters. The Balaban J connectivity index is 1.97. The third kappa shape index (κ3) is 2.88. The Labute approximate surface area is 101 Å². The molecule has 0 aromatic carbocycles. The molecule has 90 valence electrons. The first-order valence-electron chi connectivity index (χ1n) is 5.64. The molecule has 0 amide bonds. The van der Waals surface area contributed by atoms with Crippen LogP contribution >= 0.6 is 0 Å². The molecular formula is C12H17N5. The largest absolute Gasteiger partial charge is 0.319 e. The molecule has 1 N–H and O–H groups in total. The highest BCUT2D eigenvalue weighted by atomic mass is 15.3. The quantitative estimate of drug-likeness (QED) is 0.863. The molecule has 2 heterocycles. The van der Waals surface area contributed by atoms with E-state index in [4.69, 9.17) is 0 Å². The van der Waals surface area contributed by atoms with Crippen molar-refractivity contribution in [2.75, 3.05) is 0 Å². The van der Waals surface area contributed by atoms with Gasteiger partial charge in [-0.15, -0.1) is 10.2 Å². The normalized spacial score (nSPS) is 12.6. The molecular weight excluding hydrogens is 214 g/mol. The van der Waals surface area contributed by atoms with Gasteiger partial charge in [-0.3, -0.25) is 4.98 Å². The standard InChI is InChI=1S/C12H17N5/c1-9-4-11(6-13-5-9)7-14-10(2)12-16-15-8-17(12)3/h4-6,8,10,14H,7H2,1-3H3. The lowest BCUT2D eigenvalue weighted by molar-refractivity contribution is 0.527. The smallest absolute Gasteiger partial charge is 0.149 e. The van der Waals surface area contributed by atoms with Crippen molar-refractivity contribution in [3.05, 3.63) is 41.7 Å². The predicted molar refractivity (Wildman–Crippen MR) is 65.2 cm³/mol. The van der Waals surface area contributed by atoms with Gasteiger partial charge in [-0.1, -0.05) is 6.07 Å². The van der Waals surface area contributed by atoms with Crippen LogP contribution in [0.2, 0.25) is 0 Å². The van der Waals surface area contributed by atoms with Crippen molar-refractivity contribution in [3.63, 3.8) is 0 Å². The Hall–Kier alpha value is -1.75. The summed E-state index contributed by atoms with van der Waals surface area (Å²) in [5.41, 5.74) is 2.36. The minimum atomic E-state index is 0.169. The molecule has 5 heteroatoms. The Bertz CT molecular complexity index is 491. The van der Waals surface area contributed by atoms with Crippen molar-refractivity contribution in [1.29, 1.82) is 0 Å². The Morgan fingerprint density at radius 2 is 2.24 bits per heavy atom. The molecule has 5 nitrogen and oxygen atoms in total. The zero-order chi connectivity index (χ0) is 12.3. The van der Waals surface area contributed by atoms with E-state index in [1.807, 2.05) is 30.9 Å². The van der Waals surface area contributed by atoms with E-state index in [9.17, 15) is 0 Å². The molecule has 0 saturated carbocycles. The average Bonchev–Trinajstić information content (AvgIpc) is 2.72. The SMILES string of the molecule is Cc1cncc(CNC(C)c2nncn2C)c1. The van der Waals surface area contributed by atoms with Crippen molar-refractivity contribution in [2.45, 2.75) is 26.4 Å². The summed E-state index contributed by atoms with van der Waals surface area (Å²) in [5, 5.41) is 11.4. The maximum absolute atomic E-state index is 4.17. The third-order valence-corrected chi connectivity index (χ3v) is 2.68. The number of rotatable bonds is 4. The van der Waals surface area contributed by atoms with Crippen molar-refractivity contribution in [1.82, 2.24) is 25.1 Å². The van der Waals surface area contributed by atoms with Gasteiger partial charge in [0.25, 0.3) is 0 Å². The summed E-state index contributed by atoms with van der Waals surface area (Å²) in [7, 11) is 1.95. The van der Waals surface area contributed by atoms with Crippen molar-refractivity contribution < 1.29 is 0 Å². The van der Waals surface area contributed by atoms with E-state index in [-0.39, 0.29) is 6.04 Å². The maximum atomic E-state index is 4.17. The van der Waals surface area contributed by atoms with Crippen molar-refractivity contribution in [2.24, 2.45) is 7.05 Å². The Kier molecular flexibility index (Phi) is 3.49. The van der Waals surface area contributed by atoms with Crippen LogP contribution in [0.5, 0.6) is 0 Å². The van der Waals surface area contributed by atoms with Gasteiger partial charge in [-0.2, -0.15) is 0 Å². The second-order valence-electron chi connectivity index (χ2n) is 4.27. The number of hydrogen-bond donors (Lipinski definition) is 1. The molecule has 0 spiro atoms. The van der Waals surface area contributed by atoms with Gasteiger partial charge in [-0.25, -0.2) is 0 Å². The van der Waals surface area contributed by atoms with Crippen LogP contribution in [0.1, 0.15) is 29.9 Å². The van der Waals surface area contributed by atoms with Crippen molar-refractivity contribution >= 4 is 0 Å². The highest BCUT2D eigenvalue weighted by molar-refractivity contribution is 5.16. The van der Waals surface area contributed by atoms with Crippen molar-refractivity contribution in [3.8, 4) is 0 Å². The molecule has 0 saturated heterocycles. The van der Waals surface area contributed by atoms with Crippen LogP contribution in [-0.4, -0.2) is 19.7 Å². The van der Waals surface area contributed by atoms with Gasteiger partial charge in [-0.05, 0) is 25.0 Å². The predicted octanol–water partition coefficient (Wildman–Crippen LogP) is 1.37. The second kappa shape index (κ2) is 5.05. The zero-order valence-electron chi connectivity index (χ0n) is 10.4. The first-order valence-corrected chi connectivity index (χ1v) is 5.64. The van der Waals surface area contributed by atoms with Gasteiger partial charge >= 0.3 is 0 Å². The average molecular weight is 231 g/mol. The lowest BCUT2D eigenvalue weighted by Crippen LogP contribution is -2.21. The van der Waals surface area contributed by atoms with E-state index < -0.39 is 0 Å². The van der Waals surface area contributed by atoms with Gasteiger partial charge in [0, 0.05) is 26.0 Å². The molecule has 0 aliphatic rings. The molecule has 1 atom stereocenters. The Morgan fingerprint density at radius 3 is 2.88 bits per heavy atom. The highest BCUT2D eigenvalue weighted by Gasteiger charge is 2.10. The monoisotopic (exact) mass is 231 g/mol. The summed E-state index contributed by atoms with van der Waals surface area (Å²) >= 11 is 0. The van der Waals surface area contributed by atoms with Gasteiger partial charge < -0.3 is 9.88 Å². The summed E-state index contributed by atoms with van der Waals surface area (Å²) in [6, 6.07) is 2.30. The molecule has 2 aromatic rings. The van der Waals surface area contributed by atoms with Crippen LogP contribution in [0, 0.1) is 6.92 Å². The van der Waals surface area contributed by atoms with E-state index in [1.165, 1.54) is 11.1 Å². The van der Waals surface area contributed by atoms with Crippen LogP contribution in [0.4, 0.5) is 0 Å². The molecule has 17 heavy (non-hydrogen) atoms. The number of aromatic nitrogens is 4. The summed E-state index contributed by atoms with van der Waals surface area (Å²) < 4.78 is 1.92. The van der Waals surface area contributed by atoms with Crippen LogP contribution < -0.4 is 5.32 Å². The van der Waals surface area contributed by atoms with Crippen LogP contribution in [-0.2, 0) is 13.6 Å². The molecule has 0 bridgehead atoms. The minimum Gasteiger partial charge on any atom is -0.319 e. The molecule has 2 aromatic heterocycles. The highest BCUT2D eigenvalue weighted by Crippen LogP contribution is 2.09. The van der Waals surface area contributed by atoms with E-state index in [0.717, 1.165) is 12.4 Å². The fourth-order valence-electron chi connectivity index (χ4n) is 1.76. The molecule has 0 radical (unpaired) electrons. The van der Waals surface area contributed by atoms with E-state index in [1.54, 1.807) is 6.33 Å². The van der Waals surface area contributed by atoms with Crippen LogP contribution in [0.15, 0.2) is 24.8 Å². The summed E-state index contributed by atoms with van der Waals surface area (Å²) in [5.74, 6) is 0.936. The topological polar surface area (TPSA) is 55.6 Å². The number of aryl methyl sites for hydroxylation is 2. The zero-order valence-corrected chi connectivity index (χ0v) is 10.4. The Morgan fingerprint density at radius 1 is 1.41 bits per heavy atom. The third-order valence-electron chi connectivity index (χ3n) is 2.68. The first-order chi connectivity index (χ1) is 8.16. The lowest BCUT2D eigenvalue weighted by atomic mass is 10.2. The lowest BCUT2D eigenvalue weighted by Gasteiger charge is -2.12.